The van der Waals surface area contributed by atoms with Crippen molar-refractivity contribution in [3.63, 3.8) is 0 Å². The lowest BCUT2D eigenvalue weighted by Crippen LogP contribution is -2.42. The van der Waals surface area contributed by atoms with E-state index in [-0.39, 0.29) is 6.09 Å². The Hall–Kier alpha value is -1.16. The van der Waals surface area contributed by atoms with Gasteiger partial charge >= 0.3 is 6.09 Å². The molecule has 1 saturated carbocycles. The Bertz CT molecular complexity index is 404. The summed E-state index contributed by atoms with van der Waals surface area (Å²) < 4.78 is 5.45. The fraction of sp³-hybridized carbons (Fsp3) is 0.562. The highest BCUT2D eigenvalue weighted by Crippen LogP contribution is 2.23. The quantitative estimate of drug-likeness (QED) is 0.835. The van der Waals surface area contributed by atoms with E-state index in [2.05, 4.69) is 12.6 Å². The average molecular weight is 293 g/mol. The molecule has 0 N–H and O–H groups in total. The van der Waals surface area contributed by atoms with Gasteiger partial charge in [-0.2, -0.15) is 12.6 Å². The Morgan fingerprint density at radius 1 is 1.20 bits per heavy atom. The minimum Gasteiger partial charge on any atom is -0.445 e. The number of hydrogen-bond acceptors (Lipinski definition) is 3. The van der Waals surface area contributed by atoms with Gasteiger partial charge in [-0.15, -0.1) is 0 Å². The molecule has 110 valence electrons. The van der Waals surface area contributed by atoms with E-state index in [0.29, 0.717) is 24.9 Å². The second-order valence-corrected chi connectivity index (χ2v) is 5.70. The van der Waals surface area contributed by atoms with Gasteiger partial charge in [0, 0.05) is 18.3 Å². The molecule has 1 aliphatic carbocycles. The first kappa shape index (κ1) is 15.2. The van der Waals surface area contributed by atoms with Crippen molar-refractivity contribution in [3.8, 4) is 0 Å². The van der Waals surface area contributed by atoms with E-state index in [1.165, 1.54) is 19.3 Å². The number of thiol groups is 1. The molecule has 4 heteroatoms. The van der Waals surface area contributed by atoms with Gasteiger partial charge in [0.2, 0.25) is 0 Å². The van der Waals surface area contributed by atoms with E-state index in [0.717, 1.165) is 18.4 Å². The van der Waals surface area contributed by atoms with Crippen LogP contribution < -0.4 is 0 Å². The van der Waals surface area contributed by atoms with E-state index < -0.39 is 0 Å². The highest BCUT2D eigenvalue weighted by Gasteiger charge is 2.25. The van der Waals surface area contributed by atoms with Gasteiger partial charge in [0.05, 0.1) is 0 Å². The van der Waals surface area contributed by atoms with E-state index >= 15 is 0 Å². The summed E-state index contributed by atoms with van der Waals surface area (Å²) in [5.74, 6) is 0.678. The summed E-state index contributed by atoms with van der Waals surface area (Å²) in [6.45, 7) is 1.01. The maximum Gasteiger partial charge on any atom is 0.410 e. The highest BCUT2D eigenvalue weighted by atomic mass is 32.1. The Labute approximate surface area is 126 Å². The number of rotatable bonds is 5. The van der Waals surface area contributed by atoms with E-state index in [4.69, 9.17) is 4.74 Å². The van der Waals surface area contributed by atoms with Crippen molar-refractivity contribution < 1.29 is 9.53 Å². The third-order valence-electron chi connectivity index (χ3n) is 3.80. The molecule has 1 aromatic rings. The molecular weight excluding hydrogens is 270 g/mol. The number of nitrogens with zero attached hydrogens (tertiary/aromatic N) is 1. The smallest absolute Gasteiger partial charge is 0.410 e. The van der Waals surface area contributed by atoms with Crippen LogP contribution in [-0.4, -0.2) is 29.3 Å². The molecule has 1 fully saturated rings. The molecular formula is C16H23NO2S. The molecule has 0 radical (unpaired) electrons. The van der Waals surface area contributed by atoms with E-state index in [1.54, 1.807) is 0 Å². The van der Waals surface area contributed by atoms with Crippen LogP contribution in [0.4, 0.5) is 4.79 Å². The second kappa shape index (κ2) is 8.20. The van der Waals surface area contributed by atoms with Gasteiger partial charge in [-0.1, -0.05) is 49.6 Å². The largest absolute Gasteiger partial charge is 0.445 e. The molecule has 0 saturated heterocycles. The minimum atomic E-state index is -0.199. The minimum absolute atomic E-state index is 0.199. The summed E-state index contributed by atoms with van der Waals surface area (Å²) in [7, 11) is 0. The lowest BCUT2D eigenvalue weighted by molar-refractivity contribution is 0.0749. The monoisotopic (exact) mass is 293 g/mol. The average Bonchev–Trinajstić information content (AvgIpc) is 2.52. The molecule has 20 heavy (non-hydrogen) atoms. The number of carbonyl (C=O) groups is 1. The summed E-state index contributed by atoms with van der Waals surface area (Å²) in [4.78, 5) is 14.1. The predicted octanol–water partition coefficient (Wildman–Crippen LogP) is 3.89. The maximum absolute atomic E-state index is 12.3. The number of benzene rings is 1. The topological polar surface area (TPSA) is 29.5 Å². The summed E-state index contributed by atoms with van der Waals surface area (Å²) in [5, 5.41) is 0. The molecule has 3 nitrogen and oxygen atoms in total. The molecule has 0 atom stereocenters. The van der Waals surface area contributed by atoms with Crippen LogP contribution in [0.25, 0.3) is 0 Å². The van der Waals surface area contributed by atoms with Crippen molar-refractivity contribution in [2.24, 2.45) is 0 Å². The van der Waals surface area contributed by atoms with Crippen molar-refractivity contribution in [1.29, 1.82) is 0 Å². The molecule has 0 unspecified atom stereocenters. The lowest BCUT2D eigenvalue weighted by Gasteiger charge is -2.33. The SMILES string of the molecule is O=C(OCc1ccccc1)N(CCS)C1CCCCC1. The summed E-state index contributed by atoms with van der Waals surface area (Å²) in [6, 6.07) is 10.1. The van der Waals surface area contributed by atoms with E-state index in [1.807, 2.05) is 35.2 Å². The van der Waals surface area contributed by atoms with Crippen LogP contribution in [0.5, 0.6) is 0 Å². The van der Waals surface area contributed by atoms with Crippen molar-refractivity contribution in [2.45, 2.75) is 44.8 Å². The molecule has 0 spiro atoms. The third-order valence-corrected chi connectivity index (χ3v) is 4.00. The molecule has 2 rings (SSSR count). The molecule has 0 aliphatic heterocycles. The van der Waals surface area contributed by atoms with Gasteiger partial charge in [0.15, 0.2) is 0 Å². The fourth-order valence-corrected chi connectivity index (χ4v) is 2.94. The summed E-state index contributed by atoms with van der Waals surface area (Å²) >= 11 is 4.26. The Morgan fingerprint density at radius 2 is 1.90 bits per heavy atom. The molecule has 1 amide bonds. The normalized spacial score (nSPS) is 15.8. The summed E-state index contributed by atoms with van der Waals surface area (Å²) in [5.41, 5.74) is 1.02. The first-order valence-corrected chi connectivity index (χ1v) is 8.02. The number of carbonyl (C=O) groups excluding carboxylic acids is 1. The van der Waals surface area contributed by atoms with Crippen LogP contribution in [0.2, 0.25) is 0 Å². The van der Waals surface area contributed by atoms with Crippen LogP contribution in [-0.2, 0) is 11.3 Å². The standard InChI is InChI=1S/C16H23NO2S/c18-16(19-13-14-7-3-1-4-8-14)17(11-12-20)15-9-5-2-6-10-15/h1,3-4,7-8,15,20H,2,5-6,9-13H2. The van der Waals surface area contributed by atoms with Crippen molar-refractivity contribution in [2.75, 3.05) is 12.3 Å². The fourth-order valence-electron chi connectivity index (χ4n) is 2.73. The third kappa shape index (κ3) is 4.44. The van der Waals surface area contributed by atoms with Crippen molar-refractivity contribution >= 4 is 18.7 Å². The van der Waals surface area contributed by atoms with Crippen LogP contribution in [0.1, 0.15) is 37.7 Å². The van der Waals surface area contributed by atoms with Crippen molar-refractivity contribution in [3.05, 3.63) is 35.9 Å². The zero-order valence-electron chi connectivity index (χ0n) is 11.8. The van der Waals surface area contributed by atoms with Gasteiger partial charge in [-0.3, -0.25) is 0 Å². The van der Waals surface area contributed by atoms with Crippen LogP contribution in [0, 0.1) is 0 Å². The first-order valence-electron chi connectivity index (χ1n) is 7.39. The van der Waals surface area contributed by atoms with Gasteiger partial charge in [-0.25, -0.2) is 4.79 Å². The zero-order chi connectivity index (χ0) is 14.2. The van der Waals surface area contributed by atoms with Gasteiger partial charge < -0.3 is 9.64 Å². The van der Waals surface area contributed by atoms with Crippen LogP contribution in [0.15, 0.2) is 30.3 Å². The molecule has 0 aromatic heterocycles. The molecule has 1 aromatic carbocycles. The van der Waals surface area contributed by atoms with Crippen LogP contribution >= 0.6 is 12.6 Å². The Kier molecular flexibility index (Phi) is 6.25. The second-order valence-electron chi connectivity index (χ2n) is 5.25. The molecule has 0 bridgehead atoms. The van der Waals surface area contributed by atoms with Gasteiger partial charge in [0.25, 0.3) is 0 Å². The lowest BCUT2D eigenvalue weighted by atomic mass is 9.94. The maximum atomic E-state index is 12.3. The molecule has 1 aliphatic rings. The Morgan fingerprint density at radius 3 is 2.55 bits per heavy atom. The number of amides is 1. The first-order chi connectivity index (χ1) is 9.81. The van der Waals surface area contributed by atoms with Gasteiger partial charge in [0.1, 0.15) is 6.61 Å². The summed E-state index contributed by atoms with van der Waals surface area (Å²) in [6.07, 6.45) is 5.68. The zero-order valence-corrected chi connectivity index (χ0v) is 12.7. The van der Waals surface area contributed by atoms with Crippen molar-refractivity contribution in [1.82, 2.24) is 4.90 Å². The number of hydrogen-bond donors (Lipinski definition) is 1. The molecule has 0 heterocycles. The van der Waals surface area contributed by atoms with E-state index in [9.17, 15) is 4.79 Å². The highest BCUT2D eigenvalue weighted by molar-refractivity contribution is 7.80. The Balaban J connectivity index is 1.89. The van der Waals surface area contributed by atoms with Gasteiger partial charge in [-0.05, 0) is 18.4 Å². The predicted molar refractivity (Wildman–Crippen MR) is 84.1 cm³/mol. The number of ether oxygens (including phenoxy) is 1. The van der Waals surface area contributed by atoms with Crippen LogP contribution in [0.3, 0.4) is 0 Å².